The van der Waals surface area contributed by atoms with Crippen molar-refractivity contribution in [3.8, 4) is 0 Å². The molecule has 0 aromatic heterocycles. The third-order valence-corrected chi connectivity index (χ3v) is 7.69. The third-order valence-electron chi connectivity index (χ3n) is 7.69. The van der Waals surface area contributed by atoms with Crippen LogP contribution in [-0.4, -0.2) is 55.4 Å². The van der Waals surface area contributed by atoms with Gasteiger partial charge in [-0.3, -0.25) is 4.90 Å². The van der Waals surface area contributed by atoms with Gasteiger partial charge in [-0.15, -0.1) is 0 Å². The number of hydrogen-bond acceptors (Lipinski definition) is 5. The second-order valence-electron chi connectivity index (χ2n) is 10.4. The number of piperidine rings is 1. The predicted octanol–water partition coefficient (Wildman–Crippen LogP) is 5.06. The van der Waals surface area contributed by atoms with Crippen LogP contribution < -0.4 is 5.32 Å². The first-order chi connectivity index (χ1) is 18.3. The second-order valence-corrected chi connectivity index (χ2v) is 10.4. The molecule has 5 heteroatoms. The fourth-order valence-electron chi connectivity index (χ4n) is 5.53. The molecule has 2 fully saturated rings. The molecule has 0 bridgehead atoms. The van der Waals surface area contributed by atoms with Gasteiger partial charge in [-0.1, -0.05) is 91.0 Å². The van der Waals surface area contributed by atoms with Crippen molar-refractivity contribution in [2.45, 2.75) is 57.5 Å². The highest BCUT2D eigenvalue weighted by Gasteiger charge is 2.44. The number of nitrogens with one attached hydrogen (secondary N) is 1. The monoisotopic (exact) mass is 500 g/mol. The Morgan fingerprint density at radius 2 is 1.22 bits per heavy atom. The molecule has 0 radical (unpaired) electrons. The lowest BCUT2D eigenvalue weighted by molar-refractivity contribution is -0.201. The molecule has 1 N–H and O–H groups in total. The Labute approximate surface area is 221 Å². The van der Waals surface area contributed by atoms with Crippen LogP contribution >= 0.6 is 0 Å². The molecule has 0 aliphatic carbocycles. The number of hydrogen-bond donors (Lipinski definition) is 1. The molecule has 2 saturated heterocycles. The standard InChI is InChI=1S/C32H40N2O3/c1-25-31(36-23-27-13-7-3-8-14-27)32(37-24-28-15-9-4-10-16-28)30(35-22-26-11-5-2-6-12-26)21-34(25)20-29-17-18-33-19-29/h2-16,25,29-33H,17-24H2,1H3/t25-,29+,30+,31-,32-/m1/s1. The summed E-state index contributed by atoms with van der Waals surface area (Å²) >= 11 is 0. The van der Waals surface area contributed by atoms with Crippen molar-refractivity contribution in [2.24, 2.45) is 5.92 Å². The summed E-state index contributed by atoms with van der Waals surface area (Å²) in [6, 6.07) is 31.5. The largest absolute Gasteiger partial charge is 0.369 e. The molecule has 5 nitrogen and oxygen atoms in total. The molecule has 3 aromatic carbocycles. The Bertz CT molecular complexity index is 1040. The topological polar surface area (TPSA) is 43.0 Å². The Morgan fingerprint density at radius 1 is 0.703 bits per heavy atom. The highest BCUT2D eigenvalue weighted by atomic mass is 16.6. The van der Waals surface area contributed by atoms with Crippen LogP contribution in [0.15, 0.2) is 91.0 Å². The first-order valence-corrected chi connectivity index (χ1v) is 13.7. The van der Waals surface area contributed by atoms with E-state index in [-0.39, 0.29) is 24.4 Å². The van der Waals surface area contributed by atoms with Crippen LogP contribution in [0.3, 0.4) is 0 Å². The van der Waals surface area contributed by atoms with Gasteiger partial charge in [0.05, 0.1) is 25.9 Å². The molecule has 3 aromatic rings. The number of ether oxygens (including phenoxy) is 3. The lowest BCUT2D eigenvalue weighted by atomic mass is 9.92. The van der Waals surface area contributed by atoms with Crippen molar-refractivity contribution >= 4 is 0 Å². The zero-order chi connectivity index (χ0) is 25.3. The van der Waals surface area contributed by atoms with Crippen LogP contribution in [0.4, 0.5) is 0 Å². The van der Waals surface area contributed by atoms with E-state index in [4.69, 9.17) is 14.2 Å². The summed E-state index contributed by atoms with van der Waals surface area (Å²) in [5.41, 5.74) is 3.52. The van der Waals surface area contributed by atoms with Crippen LogP contribution in [0.5, 0.6) is 0 Å². The van der Waals surface area contributed by atoms with Crippen LogP contribution in [0.2, 0.25) is 0 Å². The molecule has 196 valence electrons. The average molecular weight is 501 g/mol. The van der Waals surface area contributed by atoms with E-state index in [9.17, 15) is 0 Å². The van der Waals surface area contributed by atoms with Crippen molar-refractivity contribution in [2.75, 3.05) is 26.2 Å². The van der Waals surface area contributed by atoms with Gasteiger partial charge in [0.2, 0.25) is 0 Å². The Morgan fingerprint density at radius 3 is 1.73 bits per heavy atom. The van der Waals surface area contributed by atoms with Crippen molar-refractivity contribution < 1.29 is 14.2 Å². The summed E-state index contributed by atoms with van der Waals surface area (Å²) in [7, 11) is 0. The Balaban J connectivity index is 1.36. The lowest BCUT2D eigenvalue weighted by Crippen LogP contribution is -2.63. The first kappa shape index (κ1) is 26.1. The molecular formula is C32H40N2O3. The van der Waals surface area contributed by atoms with Gasteiger partial charge < -0.3 is 19.5 Å². The summed E-state index contributed by atoms with van der Waals surface area (Å²) in [6.45, 7) is 8.05. The molecule has 0 saturated carbocycles. The molecular weight excluding hydrogens is 460 g/mol. The van der Waals surface area contributed by atoms with Crippen LogP contribution in [0.25, 0.3) is 0 Å². The minimum absolute atomic E-state index is 0.0877. The molecule has 2 heterocycles. The van der Waals surface area contributed by atoms with E-state index in [1.54, 1.807) is 0 Å². The van der Waals surface area contributed by atoms with E-state index in [2.05, 4.69) is 89.9 Å². The van der Waals surface area contributed by atoms with Gasteiger partial charge in [0, 0.05) is 19.1 Å². The van der Waals surface area contributed by atoms with E-state index in [1.165, 1.54) is 23.1 Å². The number of rotatable bonds is 11. The van der Waals surface area contributed by atoms with E-state index in [0.717, 1.165) is 26.2 Å². The van der Waals surface area contributed by atoms with Crippen molar-refractivity contribution in [1.29, 1.82) is 0 Å². The van der Waals surface area contributed by atoms with E-state index in [1.807, 2.05) is 18.2 Å². The summed E-state index contributed by atoms with van der Waals surface area (Å²) in [5.74, 6) is 0.661. The summed E-state index contributed by atoms with van der Waals surface area (Å²) in [4.78, 5) is 2.57. The van der Waals surface area contributed by atoms with Gasteiger partial charge in [-0.25, -0.2) is 0 Å². The maximum atomic E-state index is 6.70. The maximum absolute atomic E-state index is 6.70. The number of nitrogens with zero attached hydrogens (tertiary/aromatic N) is 1. The van der Waals surface area contributed by atoms with Crippen LogP contribution in [0.1, 0.15) is 30.0 Å². The molecule has 5 atom stereocenters. The molecule has 2 aliphatic rings. The molecule has 2 aliphatic heterocycles. The smallest absolute Gasteiger partial charge is 0.113 e. The summed E-state index contributed by atoms with van der Waals surface area (Å²) in [6.07, 6.45) is 0.867. The molecule has 5 rings (SSSR count). The van der Waals surface area contributed by atoms with Crippen molar-refractivity contribution in [3.63, 3.8) is 0 Å². The van der Waals surface area contributed by atoms with Crippen LogP contribution in [-0.2, 0) is 34.0 Å². The van der Waals surface area contributed by atoms with Crippen molar-refractivity contribution in [1.82, 2.24) is 10.2 Å². The zero-order valence-electron chi connectivity index (χ0n) is 21.9. The highest BCUT2D eigenvalue weighted by molar-refractivity contribution is 5.16. The van der Waals surface area contributed by atoms with E-state index in [0.29, 0.717) is 25.7 Å². The number of benzene rings is 3. The normalized spacial score (nSPS) is 26.4. The summed E-state index contributed by atoms with van der Waals surface area (Å²) in [5, 5.41) is 3.53. The minimum atomic E-state index is -0.166. The SMILES string of the molecule is C[C@@H]1[C@@H](OCc2ccccc2)[C@H](OCc2ccccc2)[C@@H](OCc2ccccc2)CN1C[C@H]1CCNC1. The van der Waals surface area contributed by atoms with Gasteiger partial charge in [0.1, 0.15) is 12.2 Å². The Kier molecular flexibility index (Phi) is 9.38. The molecule has 0 spiro atoms. The maximum Gasteiger partial charge on any atom is 0.113 e. The fourth-order valence-corrected chi connectivity index (χ4v) is 5.53. The summed E-state index contributed by atoms with van der Waals surface area (Å²) < 4.78 is 20.0. The van der Waals surface area contributed by atoms with Gasteiger partial charge in [-0.2, -0.15) is 0 Å². The van der Waals surface area contributed by atoms with Gasteiger partial charge in [0.25, 0.3) is 0 Å². The van der Waals surface area contributed by atoms with Gasteiger partial charge in [0.15, 0.2) is 0 Å². The second kappa shape index (κ2) is 13.3. The number of likely N-dealkylation sites (tertiary alicyclic amines) is 1. The van der Waals surface area contributed by atoms with Crippen LogP contribution in [0, 0.1) is 5.92 Å². The van der Waals surface area contributed by atoms with E-state index < -0.39 is 0 Å². The molecule has 37 heavy (non-hydrogen) atoms. The van der Waals surface area contributed by atoms with E-state index >= 15 is 0 Å². The predicted molar refractivity (Wildman–Crippen MR) is 147 cm³/mol. The van der Waals surface area contributed by atoms with Gasteiger partial charge >= 0.3 is 0 Å². The minimum Gasteiger partial charge on any atom is -0.369 e. The highest BCUT2D eigenvalue weighted by Crippen LogP contribution is 2.29. The fraction of sp³-hybridized carbons (Fsp3) is 0.438. The van der Waals surface area contributed by atoms with Gasteiger partial charge in [-0.05, 0) is 49.0 Å². The quantitative estimate of drug-likeness (QED) is 0.399. The third kappa shape index (κ3) is 7.28. The first-order valence-electron chi connectivity index (χ1n) is 13.7. The molecule has 0 amide bonds. The Hall–Kier alpha value is -2.54. The van der Waals surface area contributed by atoms with Crippen molar-refractivity contribution in [3.05, 3.63) is 108 Å². The lowest BCUT2D eigenvalue weighted by Gasteiger charge is -2.48. The zero-order valence-corrected chi connectivity index (χ0v) is 21.9. The molecule has 0 unspecified atom stereocenters. The average Bonchev–Trinajstić information content (AvgIpc) is 3.46.